The van der Waals surface area contributed by atoms with Crippen LogP contribution in [-0.2, 0) is 6.42 Å². The summed E-state index contributed by atoms with van der Waals surface area (Å²) in [6.45, 7) is 0.453. The number of para-hydroxylation sites is 2. The van der Waals surface area contributed by atoms with Gasteiger partial charge in [-0.15, -0.1) is 0 Å². The Morgan fingerprint density at radius 3 is 2.48 bits per heavy atom. The van der Waals surface area contributed by atoms with Crippen LogP contribution in [-0.4, -0.2) is 26.1 Å². The summed E-state index contributed by atoms with van der Waals surface area (Å²) < 4.78 is 1.43. The van der Waals surface area contributed by atoms with Crippen molar-refractivity contribution in [3.63, 3.8) is 0 Å². The van der Waals surface area contributed by atoms with E-state index in [0.717, 1.165) is 33.1 Å². The van der Waals surface area contributed by atoms with E-state index < -0.39 is 0 Å². The molecule has 0 spiro atoms. The Hall–Kier alpha value is -4.02. The highest BCUT2D eigenvalue weighted by atomic mass is 16.1. The summed E-state index contributed by atoms with van der Waals surface area (Å²) in [5.74, 6) is 0. The van der Waals surface area contributed by atoms with Gasteiger partial charge >= 0.3 is 5.69 Å². The second-order valence-electron chi connectivity index (χ2n) is 6.88. The summed E-state index contributed by atoms with van der Waals surface area (Å²) in [6, 6.07) is 17.7. The van der Waals surface area contributed by atoms with Crippen LogP contribution in [0.4, 0.5) is 0 Å². The van der Waals surface area contributed by atoms with Gasteiger partial charge in [-0.3, -0.25) is 0 Å². The zero-order valence-corrected chi connectivity index (χ0v) is 15.5. The molecule has 2 aromatic carbocycles. The first-order chi connectivity index (χ1) is 14.2. The maximum atomic E-state index is 13.0. The van der Waals surface area contributed by atoms with E-state index in [2.05, 4.69) is 21.0 Å². The van der Waals surface area contributed by atoms with Crippen LogP contribution in [0.15, 0.2) is 59.5 Å². The molecule has 0 aliphatic heterocycles. The van der Waals surface area contributed by atoms with Crippen LogP contribution in [0.5, 0.6) is 0 Å². The van der Waals surface area contributed by atoms with E-state index in [0.29, 0.717) is 24.3 Å². The molecule has 5 aromatic rings. The van der Waals surface area contributed by atoms with Gasteiger partial charge in [0.25, 0.3) is 0 Å². The minimum atomic E-state index is -0.356. The number of benzene rings is 2. The molecule has 0 saturated heterocycles. The predicted octanol–water partition coefficient (Wildman–Crippen LogP) is 3.17. The molecule has 0 fully saturated rings. The van der Waals surface area contributed by atoms with Crippen LogP contribution < -0.4 is 11.4 Å². The number of nitriles is 1. The summed E-state index contributed by atoms with van der Waals surface area (Å²) in [5.41, 5.74) is 10.4. The fourth-order valence-electron chi connectivity index (χ4n) is 4.01. The maximum Gasteiger partial charge on any atom is 0.331 e. The van der Waals surface area contributed by atoms with E-state index in [1.807, 2.05) is 48.5 Å². The van der Waals surface area contributed by atoms with Crippen molar-refractivity contribution in [1.29, 1.82) is 5.26 Å². The molecule has 0 bridgehead atoms. The molecule has 7 heteroatoms. The zero-order chi connectivity index (χ0) is 20.0. The smallest absolute Gasteiger partial charge is 0.331 e. The van der Waals surface area contributed by atoms with Crippen molar-refractivity contribution in [2.75, 3.05) is 6.54 Å². The Balaban J connectivity index is 1.83. The van der Waals surface area contributed by atoms with Gasteiger partial charge in [0, 0.05) is 45.7 Å². The average Bonchev–Trinajstić information content (AvgIpc) is 3.40. The lowest BCUT2D eigenvalue weighted by Gasteiger charge is -2.04. The highest BCUT2D eigenvalue weighted by Crippen LogP contribution is 2.34. The lowest BCUT2D eigenvalue weighted by molar-refractivity contribution is 0.940. The molecule has 0 unspecified atom stereocenters. The van der Waals surface area contributed by atoms with Gasteiger partial charge in [-0.2, -0.15) is 5.26 Å². The minimum Gasteiger partial charge on any atom is -0.359 e. The van der Waals surface area contributed by atoms with Gasteiger partial charge in [0.2, 0.25) is 0 Å². The molecule has 3 aromatic heterocycles. The fourth-order valence-corrected chi connectivity index (χ4v) is 4.01. The molecular weight excluding hydrogens is 364 g/mol. The summed E-state index contributed by atoms with van der Waals surface area (Å²) in [5, 5.41) is 11.8. The van der Waals surface area contributed by atoms with E-state index in [9.17, 15) is 10.1 Å². The molecule has 5 rings (SSSR count). The van der Waals surface area contributed by atoms with Crippen LogP contribution in [0.2, 0.25) is 0 Å². The lowest BCUT2D eigenvalue weighted by atomic mass is 10.0. The Kier molecular flexibility index (Phi) is 3.86. The Morgan fingerprint density at radius 2 is 1.72 bits per heavy atom. The first-order valence-corrected chi connectivity index (χ1v) is 9.34. The normalized spacial score (nSPS) is 11.3. The molecule has 0 aliphatic carbocycles. The third-order valence-corrected chi connectivity index (χ3v) is 5.24. The maximum absolute atomic E-state index is 13.0. The van der Waals surface area contributed by atoms with Crippen molar-refractivity contribution in [3.05, 3.63) is 76.6 Å². The molecule has 142 valence electrons. The van der Waals surface area contributed by atoms with Gasteiger partial charge in [-0.05, 0) is 18.7 Å². The SMILES string of the molecule is N#Cc1c(-c2c(CCN)[nH]c3ccccc23)[nH]c(=O)n1-c1c[nH]c2ccccc12. The molecule has 5 N–H and O–H groups in total. The highest BCUT2D eigenvalue weighted by molar-refractivity contribution is 5.98. The number of H-pyrrole nitrogens is 3. The number of aromatic nitrogens is 4. The zero-order valence-electron chi connectivity index (χ0n) is 15.5. The quantitative estimate of drug-likeness (QED) is 0.382. The molecular formula is C22H18N6O. The number of aromatic amines is 3. The second-order valence-corrected chi connectivity index (χ2v) is 6.88. The number of nitrogens with one attached hydrogen (secondary N) is 3. The summed E-state index contributed by atoms with van der Waals surface area (Å²) in [6.07, 6.45) is 2.36. The van der Waals surface area contributed by atoms with Crippen molar-refractivity contribution in [2.24, 2.45) is 5.73 Å². The third-order valence-electron chi connectivity index (χ3n) is 5.24. The number of imidazole rings is 1. The van der Waals surface area contributed by atoms with E-state index >= 15 is 0 Å². The number of nitrogens with zero attached hydrogens (tertiary/aromatic N) is 2. The van der Waals surface area contributed by atoms with Crippen molar-refractivity contribution in [3.8, 4) is 23.0 Å². The van der Waals surface area contributed by atoms with Gasteiger partial charge < -0.3 is 20.7 Å². The number of fused-ring (bicyclic) bond motifs is 2. The molecule has 7 nitrogen and oxygen atoms in total. The van der Waals surface area contributed by atoms with Crippen molar-refractivity contribution < 1.29 is 0 Å². The molecule has 0 radical (unpaired) electrons. The Labute approximate surface area is 165 Å². The van der Waals surface area contributed by atoms with Gasteiger partial charge in [0.15, 0.2) is 5.69 Å². The number of nitrogens with two attached hydrogens (primary N) is 1. The summed E-state index contributed by atoms with van der Waals surface area (Å²) >= 11 is 0. The first-order valence-electron chi connectivity index (χ1n) is 9.34. The van der Waals surface area contributed by atoms with E-state index in [-0.39, 0.29) is 11.4 Å². The van der Waals surface area contributed by atoms with Gasteiger partial charge in [-0.25, -0.2) is 9.36 Å². The van der Waals surface area contributed by atoms with Crippen LogP contribution in [0.1, 0.15) is 11.4 Å². The Morgan fingerprint density at radius 1 is 1.00 bits per heavy atom. The molecule has 3 heterocycles. The standard InChI is InChI=1S/C22H18N6O/c23-10-9-17-20(14-6-2-4-8-16(14)26-17)21-18(11-24)28(22(29)27-21)19-12-25-15-7-3-1-5-13(15)19/h1-8,12,25-26H,9-10,23H2,(H,27,29). The second kappa shape index (κ2) is 6.55. The molecule has 29 heavy (non-hydrogen) atoms. The van der Waals surface area contributed by atoms with Crippen molar-refractivity contribution in [1.82, 2.24) is 19.5 Å². The highest BCUT2D eigenvalue weighted by Gasteiger charge is 2.23. The van der Waals surface area contributed by atoms with E-state index in [1.165, 1.54) is 4.57 Å². The number of rotatable bonds is 4. The summed E-state index contributed by atoms with van der Waals surface area (Å²) in [7, 11) is 0. The van der Waals surface area contributed by atoms with E-state index in [4.69, 9.17) is 5.73 Å². The van der Waals surface area contributed by atoms with Crippen LogP contribution in [0.25, 0.3) is 38.8 Å². The molecule has 0 aliphatic rings. The van der Waals surface area contributed by atoms with Crippen molar-refractivity contribution >= 4 is 21.8 Å². The largest absolute Gasteiger partial charge is 0.359 e. The summed E-state index contributed by atoms with van der Waals surface area (Å²) in [4.78, 5) is 22.4. The number of hydrogen-bond donors (Lipinski definition) is 4. The number of hydrogen-bond acceptors (Lipinski definition) is 3. The first kappa shape index (κ1) is 17.1. The molecule has 0 atom stereocenters. The van der Waals surface area contributed by atoms with Gasteiger partial charge in [0.1, 0.15) is 6.07 Å². The monoisotopic (exact) mass is 382 g/mol. The van der Waals surface area contributed by atoms with E-state index in [1.54, 1.807) is 6.20 Å². The van der Waals surface area contributed by atoms with Crippen molar-refractivity contribution in [2.45, 2.75) is 6.42 Å². The minimum absolute atomic E-state index is 0.266. The third kappa shape index (κ3) is 2.51. The topological polar surface area (TPSA) is 119 Å². The van der Waals surface area contributed by atoms with Crippen LogP contribution in [0.3, 0.4) is 0 Å². The Bertz CT molecular complexity index is 1460. The molecule has 0 saturated carbocycles. The van der Waals surface area contributed by atoms with Gasteiger partial charge in [-0.1, -0.05) is 36.4 Å². The van der Waals surface area contributed by atoms with Crippen LogP contribution in [0, 0.1) is 11.3 Å². The van der Waals surface area contributed by atoms with Gasteiger partial charge in [0.05, 0.1) is 11.4 Å². The fraction of sp³-hybridized carbons (Fsp3) is 0.0909. The predicted molar refractivity (Wildman–Crippen MR) is 113 cm³/mol. The molecule has 0 amide bonds. The van der Waals surface area contributed by atoms with Crippen LogP contribution >= 0.6 is 0 Å². The lowest BCUT2D eigenvalue weighted by Crippen LogP contribution is -2.15. The average molecular weight is 382 g/mol.